The Bertz CT molecular complexity index is 1040. The number of hydrogen-bond acceptors (Lipinski definition) is 6. The molecule has 0 spiro atoms. The summed E-state index contributed by atoms with van der Waals surface area (Å²) in [5.41, 5.74) is 0. The molecule has 1 unspecified atom stereocenters. The molecule has 1 atom stereocenters. The summed E-state index contributed by atoms with van der Waals surface area (Å²) in [7, 11) is 0. The quantitative estimate of drug-likeness (QED) is 0.0262. The molecular weight excluding hydrogens is 793 g/mol. The molecule has 0 saturated carbocycles. The summed E-state index contributed by atoms with van der Waals surface area (Å²) in [5.74, 6) is -0.879. The molecule has 0 radical (unpaired) electrons. The van der Waals surface area contributed by atoms with Crippen molar-refractivity contribution in [1.29, 1.82) is 0 Å². The second kappa shape index (κ2) is 53.5. The number of unbranched alkanes of at least 4 members (excludes halogenated alkanes) is 37. The number of carbonyl (C=O) groups is 3. The number of carbonyl (C=O) groups excluding carboxylic acids is 3. The lowest BCUT2D eigenvalue weighted by Gasteiger charge is -2.18. The van der Waals surface area contributed by atoms with Crippen LogP contribution in [0.15, 0.2) is 24.3 Å². The van der Waals surface area contributed by atoms with Gasteiger partial charge in [-0.05, 0) is 44.9 Å². The number of rotatable bonds is 52. The second-order valence-corrected chi connectivity index (χ2v) is 19.2. The molecular formula is C58H108O6. The van der Waals surface area contributed by atoms with Crippen LogP contribution in [0, 0.1) is 0 Å². The van der Waals surface area contributed by atoms with Gasteiger partial charge < -0.3 is 14.2 Å². The maximum atomic E-state index is 12.7. The van der Waals surface area contributed by atoms with Gasteiger partial charge in [0, 0.05) is 19.3 Å². The smallest absolute Gasteiger partial charge is 0.306 e. The highest BCUT2D eigenvalue weighted by Gasteiger charge is 2.19. The van der Waals surface area contributed by atoms with Crippen LogP contribution in [0.1, 0.15) is 310 Å². The Labute approximate surface area is 398 Å². The van der Waals surface area contributed by atoms with Crippen LogP contribution in [0.2, 0.25) is 0 Å². The van der Waals surface area contributed by atoms with E-state index < -0.39 is 6.10 Å². The summed E-state index contributed by atoms with van der Waals surface area (Å²) >= 11 is 0. The van der Waals surface area contributed by atoms with Crippen molar-refractivity contribution in [1.82, 2.24) is 0 Å². The van der Waals surface area contributed by atoms with Crippen LogP contribution in [-0.4, -0.2) is 37.2 Å². The lowest BCUT2D eigenvalue weighted by atomic mass is 10.0. The summed E-state index contributed by atoms with van der Waals surface area (Å²) in [6.45, 7) is 6.56. The standard InChI is InChI=1S/C58H108O6/c1-4-7-10-13-16-18-20-22-23-24-25-26-27-28-29-30-31-32-33-34-36-37-39-42-45-48-51-57(60)63-54-55(53-62-56(59)50-47-44-41-15-12-9-6-3)64-58(61)52-49-46-43-40-38-35-21-19-17-14-11-8-5-2/h11,14,19,21,55H,4-10,12-13,15-18,20,22-54H2,1-3H3/b14-11-,21-19-. The average Bonchev–Trinajstić information content (AvgIpc) is 3.29. The number of esters is 3. The van der Waals surface area contributed by atoms with Gasteiger partial charge in [-0.3, -0.25) is 14.4 Å². The van der Waals surface area contributed by atoms with E-state index in [1.165, 1.54) is 180 Å². The van der Waals surface area contributed by atoms with Gasteiger partial charge in [0.15, 0.2) is 6.10 Å². The number of ether oxygens (including phenoxy) is 3. The Morgan fingerprint density at radius 2 is 0.594 bits per heavy atom. The van der Waals surface area contributed by atoms with E-state index in [0.29, 0.717) is 19.3 Å². The van der Waals surface area contributed by atoms with Crippen molar-refractivity contribution in [2.75, 3.05) is 13.2 Å². The maximum absolute atomic E-state index is 12.7. The molecule has 0 amide bonds. The zero-order valence-corrected chi connectivity index (χ0v) is 43.1. The lowest BCUT2D eigenvalue weighted by Crippen LogP contribution is -2.30. The van der Waals surface area contributed by atoms with E-state index in [9.17, 15) is 14.4 Å². The largest absolute Gasteiger partial charge is 0.462 e. The zero-order chi connectivity index (χ0) is 46.5. The van der Waals surface area contributed by atoms with Crippen molar-refractivity contribution in [2.24, 2.45) is 0 Å². The van der Waals surface area contributed by atoms with Crippen LogP contribution in [0.5, 0.6) is 0 Å². The highest BCUT2D eigenvalue weighted by Crippen LogP contribution is 2.17. The monoisotopic (exact) mass is 901 g/mol. The van der Waals surface area contributed by atoms with Crippen LogP contribution >= 0.6 is 0 Å². The Morgan fingerprint density at radius 3 is 0.922 bits per heavy atom. The van der Waals surface area contributed by atoms with E-state index in [1.807, 2.05) is 0 Å². The van der Waals surface area contributed by atoms with Crippen LogP contribution in [0.3, 0.4) is 0 Å². The van der Waals surface area contributed by atoms with Gasteiger partial charge >= 0.3 is 17.9 Å². The van der Waals surface area contributed by atoms with E-state index in [0.717, 1.165) is 89.9 Å². The van der Waals surface area contributed by atoms with Crippen LogP contribution < -0.4 is 0 Å². The summed E-state index contributed by atoms with van der Waals surface area (Å²) in [4.78, 5) is 37.8. The molecule has 6 nitrogen and oxygen atoms in total. The third-order valence-corrected chi connectivity index (χ3v) is 12.7. The molecule has 0 saturated heterocycles. The predicted octanol–water partition coefficient (Wildman–Crippen LogP) is 18.7. The summed E-state index contributed by atoms with van der Waals surface area (Å²) < 4.78 is 16.7. The first kappa shape index (κ1) is 61.9. The van der Waals surface area contributed by atoms with Gasteiger partial charge in [0.05, 0.1) is 0 Å². The highest BCUT2D eigenvalue weighted by molar-refractivity contribution is 5.71. The number of allylic oxidation sites excluding steroid dienone is 4. The molecule has 0 aliphatic carbocycles. The molecule has 6 heteroatoms. The molecule has 0 rings (SSSR count). The first-order valence-electron chi connectivity index (χ1n) is 28.3. The van der Waals surface area contributed by atoms with Gasteiger partial charge in [0.1, 0.15) is 13.2 Å². The van der Waals surface area contributed by atoms with Crippen molar-refractivity contribution in [2.45, 2.75) is 316 Å². The van der Waals surface area contributed by atoms with E-state index in [-0.39, 0.29) is 31.1 Å². The molecule has 0 heterocycles. The molecule has 64 heavy (non-hydrogen) atoms. The molecule has 0 aliphatic rings. The first-order chi connectivity index (χ1) is 31.5. The SMILES string of the molecule is CCC/C=C\C/C=C\CCCCCCCC(=O)OC(COC(=O)CCCCCCCCC)COC(=O)CCCCCCCCCCCCCCCCCCCCCCCCCCCC. The Morgan fingerprint density at radius 1 is 0.312 bits per heavy atom. The molecule has 0 aromatic rings. The predicted molar refractivity (Wildman–Crippen MR) is 275 cm³/mol. The fourth-order valence-corrected chi connectivity index (χ4v) is 8.42. The Hall–Kier alpha value is -2.11. The highest BCUT2D eigenvalue weighted by atomic mass is 16.6. The molecule has 376 valence electrons. The van der Waals surface area contributed by atoms with Gasteiger partial charge in [-0.2, -0.15) is 0 Å². The van der Waals surface area contributed by atoms with Crippen molar-refractivity contribution < 1.29 is 28.6 Å². The van der Waals surface area contributed by atoms with E-state index in [2.05, 4.69) is 45.1 Å². The van der Waals surface area contributed by atoms with Gasteiger partial charge in [-0.25, -0.2) is 0 Å². The van der Waals surface area contributed by atoms with Gasteiger partial charge in [-0.1, -0.05) is 270 Å². The van der Waals surface area contributed by atoms with Gasteiger partial charge in [-0.15, -0.1) is 0 Å². The minimum Gasteiger partial charge on any atom is -0.462 e. The molecule has 0 N–H and O–H groups in total. The fraction of sp³-hybridized carbons (Fsp3) is 0.879. The van der Waals surface area contributed by atoms with Crippen LogP contribution in [0.25, 0.3) is 0 Å². The van der Waals surface area contributed by atoms with E-state index in [4.69, 9.17) is 14.2 Å². The molecule has 0 bridgehead atoms. The molecule has 0 aliphatic heterocycles. The normalized spacial score (nSPS) is 12.1. The van der Waals surface area contributed by atoms with Crippen molar-refractivity contribution in [3.05, 3.63) is 24.3 Å². The maximum Gasteiger partial charge on any atom is 0.306 e. The lowest BCUT2D eigenvalue weighted by molar-refractivity contribution is -0.167. The summed E-state index contributed by atoms with van der Waals surface area (Å²) in [6.07, 6.45) is 62.1. The minimum absolute atomic E-state index is 0.0727. The third-order valence-electron chi connectivity index (χ3n) is 12.7. The minimum atomic E-state index is -0.771. The van der Waals surface area contributed by atoms with Crippen molar-refractivity contribution in [3.8, 4) is 0 Å². The second-order valence-electron chi connectivity index (χ2n) is 19.2. The summed E-state index contributed by atoms with van der Waals surface area (Å²) in [5, 5.41) is 0. The zero-order valence-electron chi connectivity index (χ0n) is 43.1. The number of hydrogen-bond donors (Lipinski definition) is 0. The van der Waals surface area contributed by atoms with Crippen LogP contribution in [-0.2, 0) is 28.6 Å². The Balaban J connectivity index is 4.04. The average molecular weight is 901 g/mol. The van der Waals surface area contributed by atoms with E-state index in [1.54, 1.807) is 0 Å². The van der Waals surface area contributed by atoms with Crippen molar-refractivity contribution >= 4 is 17.9 Å². The van der Waals surface area contributed by atoms with Crippen LogP contribution in [0.4, 0.5) is 0 Å². The first-order valence-corrected chi connectivity index (χ1v) is 28.3. The molecule has 0 fully saturated rings. The Kier molecular flexibility index (Phi) is 51.7. The van der Waals surface area contributed by atoms with Crippen molar-refractivity contribution in [3.63, 3.8) is 0 Å². The van der Waals surface area contributed by atoms with E-state index >= 15 is 0 Å². The fourth-order valence-electron chi connectivity index (χ4n) is 8.42. The molecule has 0 aromatic heterocycles. The van der Waals surface area contributed by atoms with Gasteiger partial charge in [0.25, 0.3) is 0 Å². The third kappa shape index (κ3) is 50.9. The summed E-state index contributed by atoms with van der Waals surface area (Å²) in [6, 6.07) is 0. The van der Waals surface area contributed by atoms with Gasteiger partial charge in [0.2, 0.25) is 0 Å². The molecule has 0 aromatic carbocycles. The topological polar surface area (TPSA) is 78.9 Å².